The third-order valence-electron chi connectivity index (χ3n) is 4.75. The van der Waals surface area contributed by atoms with Crippen LogP contribution in [0.5, 0.6) is 5.75 Å². The molecule has 0 unspecified atom stereocenters. The van der Waals surface area contributed by atoms with Crippen molar-refractivity contribution in [1.29, 1.82) is 0 Å². The number of aryl methyl sites for hydroxylation is 3. The summed E-state index contributed by atoms with van der Waals surface area (Å²) in [6.45, 7) is 6.74. The number of benzene rings is 1. The van der Waals surface area contributed by atoms with Gasteiger partial charge in [-0.25, -0.2) is 0 Å². The molecule has 1 aromatic carbocycles. The molecule has 0 aromatic heterocycles. The summed E-state index contributed by atoms with van der Waals surface area (Å²) >= 11 is 0. The Morgan fingerprint density at radius 2 is 1.09 bits per heavy atom. The molecule has 0 amide bonds. The summed E-state index contributed by atoms with van der Waals surface area (Å²) < 4.78 is 0. The maximum atomic E-state index is 10.7. The van der Waals surface area contributed by atoms with Crippen molar-refractivity contribution < 1.29 is 5.11 Å². The van der Waals surface area contributed by atoms with Crippen LogP contribution < -0.4 is 0 Å². The van der Waals surface area contributed by atoms with Crippen LogP contribution in [0.2, 0.25) is 0 Å². The maximum Gasteiger partial charge on any atom is 0.121 e. The smallest absolute Gasteiger partial charge is 0.121 e. The van der Waals surface area contributed by atoms with E-state index in [9.17, 15) is 5.11 Å². The van der Waals surface area contributed by atoms with Gasteiger partial charge in [0.15, 0.2) is 0 Å². The van der Waals surface area contributed by atoms with Gasteiger partial charge in [0.25, 0.3) is 0 Å². The Morgan fingerprint density at radius 1 is 0.609 bits per heavy atom. The second kappa shape index (κ2) is 12.4. The van der Waals surface area contributed by atoms with Gasteiger partial charge in [-0.3, -0.25) is 0 Å². The van der Waals surface area contributed by atoms with E-state index < -0.39 is 0 Å². The van der Waals surface area contributed by atoms with Crippen LogP contribution in [-0.2, 0) is 19.3 Å². The number of unbranched alkanes of at least 4 members (excludes halogenated alkanes) is 7. The number of hydrogen-bond donors (Lipinski definition) is 1. The second-order valence-corrected chi connectivity index (χ2v) is 6.99. The first-order valence-electron chi connectivity index (χ1n) is 10.1. The fraction of sp³-hybridized carbons (Fsp3) is 0.727. The quantitative estimate of drug-likeness (QED) is 0.389. The molecule has 23 heavy (non-hydrogen) atoms. The minimum atomic E-state index is 0.596. The van der Waals surface area contributed by atoms with Crippen LogP contribution in [0.15, 0.2) is 12.1 Å². The molecule has 0 radical (unpaired) electrons. The molecule has 0 aliphatic rings. The van der Waals surface area contributed by atoms with Gasteiger partial charge < -0.3 is 5.11 Å². The van der Waals surface area contributed by atoms with E-state index in [0.717, 1.165) is 19.3 Å². The lowest BCUT2D eigenvalue weighted by atomic mass is 9.94. The molecule has 0 heterocycles. The van der Waals surface area contributed by atoms with Crippen LogP contribution in [0, 0.1) is 0 Å². The monoisotopic (exact) mass is 318 g/mol. The van der Waals surface area contributed by atoms with E-state index in [2.05, 4.69) is 32.9 Å². The zero-order valence-corrected chi connectivity index (χ0v) is 15.8. The van der Waals surface area contributed by atoms with Gasteiger partial charge in [-0.15, -0.1) is 0 Å². The Balaban J connectivity index is 2.75. The first kappa shape index (κ1) is 20.1. The lowest BCUT2D eigenvalue weighted by molar-refractivity contribution is 0.457. The predicted octanol–water partition coefficient (Wildman–Crippen LogP) is 6.98. The van der Waals surface area contributed by atoms with Gasteiger partial charge in [-0.2, -0.15) is 0 Å². The van der Waals surface area contributed by atoms with Gasteiger partial charge in [0.1, 0.15) is 5.75 Å². The number of rotatable bonds is 13. The second-order valence-electron chi connectivity index (χ2n) is 6.99. The van der Waals surface area contributed by atoms with E-state index in [1.807, 2.05) is 0 Å². The van der Waals surface area contributed by atoms with E-state index >= 15 is 0 Å². The largest absolute Gasteiger partial charge is 0.507 e. The number of phenols is 1. The van der Waals surface area contributed by atoms with Gasteiger partial charge >= 0.3 is 0 Å². The molecule has 0 saturated heterocycles. The van der Waals surface area contributed by atoms with Gasteiger partial charge in [0.2, 0.25) is 0 Å². The maximum absolute atomic E-state index is 10.7. The standard InChI is InChI=1S/C22H38O/c1-4-7-10-12-15-20-17-19(14-9-6-3)18-21(22(20)23)16-13-11-8-5-2/h17-18,23H,4-16H2,1-3H3. The first-order valence-corrected chi connectivity index (χ1v) is 10.1. The third-order valence-corrected chi connectivity index (χ3v) is 4.75. The minimum Gasteiger partial charge on any atom is -0.507 e. The van der Waals surface area contributed by atoms with Crippen molar-refractivity contribution in [2.45, 2.75) is 104 Å². The third kappa shape index (κ3) is 7.90. The van der Waals surface area contributed by atoms with Crippen molar-refractivity contribution in [3.63, 3.8) is 0 Å². The molecule has 0 aliphatic heterocycles. The van der Waals surface area contributed by atoms with Gasteiger partial charge in [-0.05, 0) is 55.2 Å². The zero-order chi connectivity index (χ0) is 16.9. The van der Waals surface area contributed by atoms with Gasteiger partial charge in [-0.1, -0.05) is 77.8 Å². The molecule has 0 atom stereocenters. The molecule has 0 bridgehead atoms. The Labute approximate surface area is 144 Å². The van der Waals surface area contributed by atoms with Crippen LogP contribution >= 0.6 is 0 Å². The van der Waals surface area contributed by atoms with Gasteiger partial charge in [0.05, 0.1) is 0 Å². The van der Waals surface area contributed by atoms with Gasteiger partial charge in [0, 0.05) is 0 Å². The van der Waals surface area contributed by atoms with E-state index in [1.165, 1.54) is 80.9 Å². The number of aromatic hydroxyl groups is 1. The molecule has 0 fully saturated rings. The Morgan fingerprint density at radius 3 is 1.52 bits per heavy atom. The predicted molar refractivity (Wildman–Crippen MR) is 102 cm³/mol. The normalized spacial score (nSPS) is 11.1. The average molecular weight is 319 g/mol. The Bertz CT molecular complexity index is 389. The van der Waals surface area contributed by atoms with Crippen LogP contribution in [0.1, 0.15) is 102 Å². The molecular formula is C22H38O. The SMILES string of the molecule is CCCCCCc1cc(CCCC)cc(CCCCCC)c1O. The molecule has 1 aromatic rings. The van der Waals surface area contributed by atoms with Crippen molar-refractivity contribution in [1.82, 2.24) is 0 Å². The molecule has 132 valence electrons. The fourth-order valence-electron chi connectivity index (χ4n) is 3.22. The first-order chi connectivity index (χ1) is 11.2. The van der Waals surface area contributed by atoms with Crippen molar-refractivity contribution in [2.75, 3.05) is 0 Å². The number of phenolic OH excluding ortho intramolecular Hbond substituents is 1. The van der Waals surface area contributed by atoms with Crippen molar-refractivity contribution >= 4 is 0 Å². The van der Waals surface area contributed by atoms with E-state index in [-0.39, 0.29) is 0 Å². The lowest BCUT2D eigenvalue weighted by Crippen LogP contribution is -1.97. The molecule has 1 rings (SSSR count). The van der Waals surface area contributed by atoms with Crippen molar-refractivity contribution in [3.8, 4) is 5.75 Å². The summed E-state index contributed by atoms with van der Waals surface area (Å²) in [5, 5.41) is 10.7. The molecule has 1 heteroatoms. The summed E-state index contributed by atoms with van der Waals surface area (Å²) in [6.07, 6.45) is 15.8. The molecule has 0 aliphatic carbocycles. The zero-order valence-electron chi connectivity index (χ0n) is 15.8. The summed E-state index contributed by atoms with van der Waals surface area (Å²) in [5.74, 6) is 0.596. The van der Waals surface area contributed by atoms with Crippen LogP contribution in [0.3, 0.4) is 0 Å². The topological polar surface area (TPSA) is 20.2 Å². The molecule has 1 nitrogen and oxygen atoms in total. The summed E-state index contributed by atoms with van der Waals surface area (Å²) in [4.78, 5) is 0. The summed E-state index contributed by atoms with van der Waals surface area (Å²) in [5.41, 5.74) is 3.82. The van der Waals surface area contributed by atoms with Crippen molar-refractivity contribution in [3.05, 3.63) is 28.8 Å². The molecule has 1 N–H and O–H groups in total. The summed E-state index contributed by atoms with van der Waals surface area (Å²) in [7, 11) is 0. The Hall–Kier alpha value is -0.980. The van der Waals surface area contributed by atoms with E-state index in [1.54, 1.807) is 0 Å². The highest BCUT2D eigenvalue weighted by Crippen LogP contribution is 2.29. The highest BCUT2D eigenvalue weighted by Gasteiger charge is 2.10. The summed E-state index contributed by atoms with van der Waals surface area (Å²) in [6, 6.07) is 4.54. The highest BCUT2D eigenvalue weighted by molar-refractivity contribution is 5.44. The van der Waals surface area contributed by atoms with Crippen LogP contribution in [-0.4, -0.2) is 5.11 Å². The van der Waals surface area contributed by atoms with Crippen molar-refractivity contribution in [2.24, 2.45) is 0 Å². The molecule has 0 saturated carbocycles. The highest BCUT2D eigenvalue weighted by atomic mass is 16.3. The fourth-order valence-corrected chi connectivity index (χ4v) is 3.22. The minimum absolute atomic E-state index is 0.596. The van der Waals surface area contributed by atoms with Crippen LogP contribution in [0.4, 0.5) is 0 Å². The molecule has 0 spiro atoms. The lowest BCUT2D eigenvalue weighted by Gasteiger charge is -2.13. The van der Waals surface area contributed by atoms with Crippen LogP contribution in [0.25, 0.3) is 0 Å². The molecular weight excluding hydrogens is 280 g/mol. The van der Waals surface area contributed by atoms with E-state index in [4.69, 9.17) is 0 Å². The Kier molecular flexibility index (Phi) is 10.9. The average Bonchev–Trinajstić information content (AvgIpc) is 2.56. The number of hydrogen-bond acceptors (Lipinski definition) is 1. The van der Waals surface area contributed by atoms with E-state index in [0.29, 0.717) is 5.75 Å².